The molecular weight excluding hydrogens is 280 g/mol. The lowest BCUT2D eigenvalue weighted by atomic mass is 10.1. The molecule has 0 bridgehead atoms. The molecule has 3 nitrogen and oxygen atoms in total. The zero-order valence-electron chi connectivity index (χ0n) is 9.34. The summed E-state index contributed by atoms with van der Waals surface area (Å²) in [4.78, 5) is 7.93. The SMILES string of the molecule is Brc1cncnc1OCCCc1ccccc1. The van der Waals surface area contributed by atoms with Gasteiger partial charge in [0, 0.05) is 6.20 Å². The van der Waals surface area contributed by atoms with Gasteiger partial charge >= 0.3 is 0 Å². The minimum atomic E-state index is 0.605. The number of aryl methyl sites for hydroxylation is 1. The Kier molecular flexibility index (Phi) is 4.50. The highest BCUT2D eigenvalue weighted by atomic mass is 79.9. The summed E-state index contributed by atoms with van der Waals surface area (Å²) in [5, 5.41) is 0. The molecule has 2 rings (SSSR count). The van der Waals surface area contributed by atoms with Crippen LogP contribution in [0.3, 0.4) is 0 Å². The number of hydrogen-bond acceptors (Lipinski definition) is 3. The third-order valence-corrected chi connectivity index (χ3v) is 2.87. The van der Waals surface area contributed by atoms with Crippen molar-refractivity contribution in [3.05, 3.63) is 52.9 Å². The van der Waals surface area contributed by atoms with Gasteiger partial charge in [-0.25, -0.2) is 9.97 Å². The summed E-state index contributed by atoms with van der Waals surface area (Å²) in [5.74, 6) is 0.605. The van der Waals surface area contributed by atoms with E-state index in [0.717, 1.165) is 17.3 Å². The van der Waals surface area contributed by atoms with Crippen LogP contribution in [0.2, 0.25) is 0 Å². The van der Waals surface area contributed by atoms with Crippen molar-refractivity contribution >= 4 is 15.9 Å². The average molecular weight is 293 g/mol. The lowest BCUT2D eigenvalue weighted by Crippen LogP contribution is -2.01. The predicted octanol–water partition coefficient (Wildman–Crippen LogP) is 3.25. The molecule has 0 aliphatic carbocycles. The smallest absolute Gasteiger partial charge is 0.231 e. The van der Waals surface area contributed by atoms with Gasteiger partial charge in [-0.1, -0.05) is 30.3 Å². The van der Waals surface area contributed by atoms with Crippen LogP contribution in [-0.4, -0.2) is 16.6 Å². The molecule has 0 saturated heterocycles. The molecule has 0 aliphatic heterocycles. The quantitative estimate of drug-likeness (QED) is 0.794. The molecule has 1 heterocycles. The van der Waals surface area contributed by atoms with E-state index in [4.69, 9.17) is 4.74 Å². The number of halogens is 1. The van der Waals surface area contributed by atoms with E-state index >= 15 is 0 Å². The summed E-state index contributed by atoms with van der Waals surface area (Å²) in [7, 11) is 0. The molecular formula is C13H13BrN2O. The van der Waals surface area contributed by atoms with Crippen molar-refractivity contribution in [1.82, 2.24) is 9.97 Å². The van der Waals surface area contributed by atoms with Gasteiger partial charge < -0.3 is 4.74 Å². The first-order valence-corrected chi connectivity index (χ1v) is 6.28. The molecule has 0 spiro atoms. The first-order chi connectivity index (χ1) is 8.36. The first kappa shape index (κ1) is 12.0. The maximum Gasteiger partial charge on any atom is 0.231 e. The van der Waals surface area contributed by atoms with Crippen molar-refractivity contribution in [3.8, 4) is 5.88 Å². The number of hydrogen-bond donors (Lipinski definition) is 0. The molecule has 0 unspecified atom stereocenters. The molecule has 1 aromatic heterocycles. The van der Waals surface area contributed by atoms with E-state index in [1.165, 1.54) is 11.9 Å². The van der Waals surface area contributed by atoms with Crippen LogP contribution in [0, 0.1) is 0 Å². The first-order valence-electron chi connectivity index (χ1n) is 5.48. The Balaban J connectivity index is 1.76. The second-order valence-corrected chi connectivity index (χ2v) is 4.47. The Morgan fingerprint density at radius 2 is 2.00 bits per heavy atom. The monoisotopic (exact) mass is 292 g/mol. The van der Waals surface area contributed by atoms with Gasteiger partial charge in [0.05, 0.1) is 11.1 Å². The standard InChI is InChI=1S/C13H13BrN2O/c14-12-9-15-10-16-13(12)17-8-4-7-11-5-2-1-3-6-11/h1-3,5-6,9-10H,4,7-8H2. The van der Waals surface area contributed by atoms with Crippen molar-refractivity contribution in [2.75, 3.05) is 6.61 Å². The fraction of sp³-hybridized carbons (Fsp3) is 0.231. The molecule has 1 aromatic carbocycles. The second kappa shape index (κ2) is 6.35. The van der Waals surface area contributed by atoms with Gasteiger partial charge in [0.25, 0.3) is 0 Å². The van der Waals surface area contributed by atoms with Crippen molar-refractivity contribution in [2.45, 2.75) is 12.8 Å². The lowest BCUT2D eigenvalue weighted by Gasteiger charge is -2.06. The number of ether oxygens (including phenoxy) is 1. The van der Waals surface area contributed by atoms with Gasteiger partial charge in [0.2, 0.25) is 5.88 Å². The zero-order chi connectivity index (χ0) is 11.9. The molecule has 0 N–H and O–H groups in total. The fourth-order valence-corrected chi connectivity index (χ4v) is 1.83. The van der Waals surface area contributed by atoms with E-state index in [9.17, 15) is 0 Å². The van der Waals surface area contributed by atoms with Crippen LogP contribution in [0.1, 0.15) is 12.0 Å². The number of rotatable bonds is 5. The maximum atomic E-state index is 5.56. The molecule has 88 valence electrons. The van der Waals surface area contributed by atoms with Gasteiger partial charge in [-0.05, 0) is 34.3 Å². The summed E-state index contributed by atoms with van der Waals surface area (Å²) in [6.45, 7) is 0.657. The average Bonchev–Trinajstić information content (AvgIpc) is 2.38. The molecule has 2 aromatic rings. The Labute approximate surface area is 109 Å². The topological polar surface area (TPSA) is 35.0 Å². The van der Waals surface area contributed by atoms with Crippen LogP contribution >= 0.6 is 15.9 Å². The van der Waals surface area contributed by atoms with E-state index in [0.29, 0.717) is 12.5 Å². The summed E-state index contributed by atoms with van der Waals surface area (Å²) in [6, 6.07) is 10.4. The van der Waals surface area contributed by atoms with Crippen LogP contribution in [-0.2, 0) is 6.42 Å². The highest BCUT2D eigenvalue weighted by Gasteiger charge is 2.01. The predicted molar refractivity (Wildman–Crippen MR) is 70.0 cm³/mol. The Hall–Kier alpha value is -1.42. The van der Waals surface area contributed by atoms with Crippen molar-refractivity contribution in [3.63, 3.8) is 0 Å². The third kappa shape index (κ3) is 3.82. The molecule has 0 aliphatic rings. The van der Waals surface area contributed by atoms with Crippen LogP contribution in [0.15, 0.2) is 47.3 Å². The van der Waals surface area contributed by atoms with Crippen molar-refractivity contribution < 1.29 is 4.74 Å². The van der Waals surface area contributed by atoms with E-state index in [1.54, 1.807) is 6.20 Å². The minimum absolute atomic E-state index is 0.605. The zero-order valence-corrected chi connectivity index (χ0v) is 10.9. The number of nitrogens with zero attached hydrogens (tertiary/aromatic N) is 2. The van der Waals surface area contributed by atoms with E-state index in [-0.39, 0.29) is 0 Å². The molecule has 4 heteroatoms. The number of benzene rings is 1. The molecule has 0 radical (unpaired) electrons. The van der Waals surface area contributed by atoms with Crippen LogP contribution < -0.4 is 4.74 Å². The number of aromatic nitrogens is 2. The lowest BCUT2D eigenvalue weighted by molar-refractivity contribution is 0.296. The van der Waals surface area contributed by atoms with E-state index in [2.05, 4.69) is 50.2 Å². The Morgan fingerprint density at radius 1 is 1.18 bits per heavy atom. The normalized spacial score (nSPS) is 10.2. The van der Waals surface area contributed by atoms with Crippen LogP contribution in [0.5, 0.6) is 5.88 Å². The highest BCUT2D eigenvalue weighted by Crippen LogP contribution is 2.19. The molecule has 17 heavy (non-hydrogen) atoms. The van der Waals surface area contributed by atoms with Crippen LogP contribution in [0.4, 0.5) is 0 Å². The second-order valence-electron chi connectivity index (χ2n) is 3.61. The maximum absolute atomic E-state index is 5.56. The molecule has 0 fully saturated rings. The minimum Gasteiger partial charge on any atom is -0.477 e. The fourth-order valence-electron chi connectivity index (χ4n) is 1.50. The van der Waals surface area contributed by atoms with Crippen molar-refractivity contribution in [2.24, 2.45) is 0 Å². The van der Waals surface area contributed by atoms with Crippen LogP contribution in [0.25, 0.3) is 0 Å². The van der Waals surface area contributed by atoms with Gasteiger partial charge in [0.1, 0.15) is 6.33 Å². The summed E-state index contributed by atoms with van der Waals surface area (Å²) < 4.78 is 6.35. The largest absolute Gasteiger partial charge is 0.477 e. The van der Waals surface area contributed by atoms with Gasteiger partial charge in [0.15, 0.2) is 0 Å². The molecule has 0 amide bonds. The van der Waals surface area contributed by atoms with Gasteiger partial charge in [-0.15, -0.1) is 0 Å². The van der Waals surface area contributed by atoms with E-state index < -0.39 is 0 Å². The van der Waals surface area contributed by atoms with E-state index in [1.807, 2.05) is 6.07 Å². The summed E-state index contributed by atoms with van der Waals surface area (Å²) in [5.41, 5.74) is 1.33. The summed E-state index contributed by atoms with van der Waals surface area (Å²) in [6.07, 6.45) is 5.15. The van der Waals surface area contributed by atoms with Crippen molar-refractivity contribution in [1.29, 1.82) is 0 Å². The third-order valence-electron chi connectivity index (χ3n) is 2.33. The van der Waals surface area contributed by atoms with Gasteiger partial charge in [-0.3, -0.25) is 0 Å². The van der Waals surface area contributed by atoms with Gasteiger partial charge in [-0.2, -0.15) is 0 Å². The molecule has 0 saturated carbocycles. The Bertz CT molecular complexity index is 462. The highest BCUT2D eigenvalue weighted by molar-refractivity contribution is 9.10. The molecule has 0 atom stereocenters. The summed E-state index contributed by atoms with van der Waals surface area (Å²) >= 11 is 3.34. The Morgan fingerprint density at radius 3 is 2.76 bits per heavy atom.